The fraction of sp³-hybridized carbons (Fsp3) is 0.278. The zero-order valence-electron chi connectivity index (χ0n) is 13.5. The molecule has 1 saturated carbocycles. The smallest absolute Gasteiger partial charge is 0.339 e. The molecule has 0 amide bonds. The first-order valence-electron chi connectivity index (χ1n) is 8.29. The van der Waals surface area contributed by atoms with Gasteiger partial charge in [-0.05, 0) is 31.0 Å². The molecule has 0 unspecified atom stereocenters. The van der Waals surface area contributed by atoms with E-state index in [9.17, 15) is 9.90 Å². The molecule has 3 aromatic rings. The first-order valence-corrected chi connectivity index (χ1v) is 9.17. The molecular weight excluding hydrogens is 336 g/mol. The number of hydrogen-bond acceptors (Lipinski definition) is 6. The van der Waals surface area contributed by atoms with Crippen molar-refractivity contribution in [2.45, 2.75) is 31.7 Å². The van der Waals surface area contributed by atoms with Gasteiger partial charge in [0, 0.05) is 24.0 Å². The second-order valence-corrected chi connectivity index (χ2v) is 7.09. The molecule has 0 radical (unpaired) electrons. The summed E-state index contributed by atoms with van der Waals surface area (Å²) in [6, 6.07) is 8.03. The van der Waals surface area contributed by atoms with Crippen LogP contribution in [0.15, 0.2) is 36.0 Å². The summed E-state index contributed by atoms with van der Waals surface area (Å²) in [6.07, 6.45) is 5.93. The van der Waals surface area contributed by atoms with Crippen LogP contribution in [-0.4, -0.2) is 27.1 Å². The number of carboxylic acids is 1. The summed E-state index contributed by atoms with van der Waals surface area (Å²) in [6.45, 7) is 0. The summed E-state index contributed by atoms with van der Waals surface area (Å²) >= 11 is 1.58. The van der Waals surface area contributed by atoms with E-state index < -0.39 is 5.97 Å². The number of carbonyl (C=O) groups is 1. The van der Waals surface area contributed by atoms with Crippen molar-refractivity contribution in [1.29, 1.82) is 0 Å². The van der Waals surface area contributed by atoms with Crippen molar-refractivity contribution in [3.05, 3.63) is 41.5 Å². The van der Waals surface area contributed by atoms with Crippen LogP contribution in [0.3, 0.4) is 0 Å². The fourth-order valence-electron chi connectivity index (χ4n) is 3.18. The van der Waals surface area contributed by atoms with Crippen molar-refractivity contribution in [2.24, 2.45) is 0 Å². The molecule has 1 aromatic carbocycles. The van der Waals surface area contributed by atoms with Gasteiger partial charge in [-0.1, -0.05) is 12.8 Å². The zero-order chi connectivity index (χ0) is 17.2. The van der Waals surface area contributed by atoms with E-state index in [1.54, 1.807) is 17.4 Å². The van der Waals surface area contributed by atoms with Crippen LogP contribution >= 0.6 is 11.3 Å². The number of carboxylic acid groups (broad SMARTS) is 1. The van der Waals surface area contributed by atoms with Crippen molar-refractivity contribution in [3.8, 4) is 0 Å². The van der Waals surface area contributed by atoms with E-state index in [-0.39, 0.29) is 5.56 Å². The van der Waals surface area contributed by atoms with Gasteiger partial charge in [-0.2, -0.15) is 0 Å². The molecule has 6 nitrogen and oxygen atoms in total. The zero-order valence-corrected chi connectivity index (χ0v) is 14.3. The predicted octanol–water partition coefficient (Wildman–Crippen LogP) is 4.49. The van der Waals surface area contributed by atoms with Gasteiger partial charge >= 0.3 is 5.97 Å². The highest BCUT2D eigenvalue weighted by Crippen LogP contribution is 2.28. The molecule has 0 aliphatic heterocycles. The lowest BCUT2D eigenvalue weighted by atomic mass is 10.2. The molecule has 7 heteroatoms. The molecule has 25 heavy (non-hydrogen) atoms. The highest BCUT2D eigenvalue weighted by molar-refractivity contribution is 7.16. The normalized spacial score (nSPS) is 14.7. The van der Waals surface area contributed by atoms with Crippen LogP contribution in [0.2, 0.25) is 0 Å². The van der Waals surface area contributed by atoms with Gasteiger partial charge < -0.3 is 15.7 Å². The van der Waals surface area contributed by atoms with Gasteiger partial charge in [-0.3, -0.25) is 0 Å². The van der Waals surface area contributed by atoms with Crippen molar-refractivity contribution < 1.29 is 9.90 Å². The number of fused-ring (bicyclic) bond motifs is 1. The molecule has 0 spiro atoms. The summed E-state index contributed by atoms with van der Waals surface area (Å²) in [7, 11) is 0. The van der Waals surface area contributed by atoms with Gasteiger partial charge in [-0.15, -0.1) is 11.3 Å². The Bertz CT molecular complexity index is 918. The van der Waals surface area contributed by atoms with Crippen LogP contribution in [0.25, 0.3) is 10.2 Å². The number of nitrogens with zero attached hydrogens (tertiary/aromatic N) is 2. The standard InChI is InChI=1S/C18H18N4O2S/c23-18(24)13-9-19-17(8-15(13)21-11-3-1-2-4-11)22-12-5-6-14-16(7-12)25-10-20-14/h5-11H,1-4H2,(H,23,24)(H2,19,21,22). The maximum absolute atomic E-state index is 11.5. The SMILES string of the molecule is O=C(O)c1cnc(Nc2ccc3ncsc3c2)cc1NC1CCCC1. The summed E-state index contributed by atoms with van der Waals surface area (Å²) in [5.74, 6) is -0.347. The first-order chi connectivity index (χ1) is 12.2. The summed E-state index contributed by atoms with van der Waals surface area (Å²) in [5.41, 5.74) is 4.51. The number of rotatable bonds is 5. The summed E-state index contributed by atoms with van der Waals surface area (Å²) in [5, 5.41) is 16.0. The molecule has 1 aliphatic carbocycles. The molecule has 128 valence electrons. The van der Waals surface area contributed by atoms with E-state index in [1.165, 1.54) is 19.0 Å². The molecular formula is C18H18N4O2S. The number of pyridine rings is 1. The van der Waals surface area contributed by atoms with Gasteiger partial charge in [-0.25, -0.2) is 14.8 Å². The molecule has 1 aliphatic rings. The predicted molar refractivity (Wildman–Crippen MR) is 100.0 cm³/mol. The second kappa shape index (κ2) is 6.68. The number of hydrogen-bond donors (Lipinski definition) is 3. The van der Waals surface area contributed by atoms with Gasteiger partial charge in [0.1, 0.15) is 11.4 Å². The number of benzene rings is 1. The quantitative estimate of drug-likeness (QED) is 0.626. The Kier molecular flexibility index (Phi) is 4.23. The van der Waals surface area contributed by atoms with E-state index in [0.717, 1.165) is 28.7 Å². The van der Waals surface area contributed by atoms with E-state index >= 15 is 0 Å². The Hall–Kier alpha value is -2.67. The number of anilines is 3. The summed E-state index contributed by atoms with van der Waals surface area (Å²) < 4.78 is 1.09. The van der Waals surface area contributed by atoms with Gasteiger partial charge in [0.15, 0.2) is 0 Å². The Morgan fingerprint density at radius 2 is 2.04 bits per heavy atom. The molecule has 2 aromatic heterocycles. The van der Waals surface area contributed by atoms with Crippen LogP contribution < -0.4 is 10.6 Å². The van der Waals surface area contributed by atoms with Crippen LogP contribution in [0.4, 0.5) is 17.2 Å². The minimum atomic E-state index is -0.967. The van der Waals surface area contributed by atoms with Crippen LogP contribution in [0.1, 0.15) is 36.0 Å². The van der Waals surface area contributed by atoms with Crippen molar-refractivity contribution in [1.82, 2.24) is 9.97 Å². The average Bonchev–Trinajstić information content (AvgIpc) is 3.26. The van der Waals surface area contributed by atoms with E-state index in [2.05, 4.69) is 20.6 Å². The Balaban J connectivity index is 1.61. The van der Waals surface area contributed by atoms with Crippen LogP contribution in [0, 0.1) is 0 Å². The van der Waals surface area contributed by atoms with Crippen LogP contribution in [0.5, 0.6) is 0 Å². The third-order valence-corrected chi connectivity index (χ3v) is 5.24. The lowest BCUT2D eigenvalue weighted by Gasteiger charge is -2.16. The summed E-state index contributed by atoms with van der Waals surface area (Å²) in [4.78, 5) is 20.0. The molecule has 0 bridgehead atoms. The van der Waals surface area contributed by atoms with Gasteiger partial charge in [0.05, 0.1) is 21.4 Å². The monoisotopic (exact) mass is 354 g/mol. The number of nitrogens with one attached hydrogen (secondary N) is 2. The minimum absolute atomic E-state index is 0.204. The topological polar surface area (TPSA) is 87.1 Å². The highest BCUT2D eigenvalue weighted by atomic mass is 32.1. The maximum atomic E-state index is 11.5. The minimum Gasteiger partial charge on any atom is -0.478 e. The first kappa shape index (κ1) is 15.8. The van der Waals surface area contributed by atoms with E-state index in [1.807, 2.05) is 23.7 Å². The molecule has 3 N–H and O–H groups in total. The molecule has 4 rings (SSSR count). The van der Waals surface area contributed by atoms with Gasteiger partial charge in [0.25, 0.3) is 0 Å². The maximum Gasteiger partial charge on any atom is 0.339 e. The lowest BCUT2D eigenvalue weighted by Crippen LogP contribution is -2.17. The van der Waals surface area contributed by atoms with E-state index in [4.69, 9.17) is 0 Å². The third kappa shape index (κ3) is 3.41. The molecule has 0 saturated heterocycles. The van der Waals surface area contributed by atoms with Crippen LogP contribution in [-0.2, 0) is 0 Å². The third-order valence-electron chi connectivity index (χ3n) is 4.45. The van der Waals surface area contributed by atoms with Crippen molar-refractivity contribution in [2.75, 3.05) is 10.6 Å². The van der Waals surface area contributed by atoms with Gasteiger partial charge in [0.2, 0.25) is 0 Å². The highest BCUT2D eigenvalue weighted by Gasteiger charge is 2.19. The molecule has 0 atom stereocenters. The van der Waals surface area contributed by atoms with Crippen molar-refractivity contribution in [3.63, 3.8) is 0 Å². The Morgan fingerprint density at radius 3 is 2.84 bits per heavy atom. The Morgan fingerprint density at radius 1 is 1.20 bits per heavy atom. The molecule has 2 heterocycles. The largest absolute Gasteiger partial charge is 0.478 e. The second-order valence-electron chi connectivity index (χ2n) is 6.21. The molecule has 1 fully saturated rings. The fourth-order valence-corrected chi connectivity index (χ4v) is 3.90. The average molecular weight is 354 g/mol. The number of aromatic carboxylic acids is 1. The number of aromatic nitrogens is 2. The van der Waals surface area contributed by atoms with Crippen molar-refractivity contribution >= 4 is 44.7 Å². The lowest BCUT2D eigenvalue weighted by molar-refractivity contribution is 0.0697. The van der Waals surface area contributed by atoms with E-state index in [0.29, 0.717) is 17.5 Å². The Labute approximate surface area is 148 Å². The number of thiazole rings is 1.